The van der Waals surface area contributed by atoms with Crippen molar-refractivity contribution in [2.45, 2.75) is 32.2 Å². The molecule has 30 heavy (non-hydrogen) atoms. The lowest BCUT2D eigenvalue weighted by Crippen LogP contribution is -2.55. The summed E-state index contributed by atoms with van der Waals surface area (Å²) in [6.45, 7) is 4.01. The van der Waals surface area contributed by atoms with Crippen molar-refractivity contribution in [2.24, 2.45) is 30.7 Å². The molecule has 1 amide bonds. The second kappa shape index (κ2) is 8.45. The van der Waals surface area contributed by atoms with Gasteiger partial charge in [-0.3, -0.25) is 9.69 Å². The summed E-state index contributed by atoms with van der Waals surface area (Å²) in [5, 5.41) is 24.3. The SMILES string of the molecule is C[C@H]1[C@H](O)[C@@H](O)[C@H]2CN(Cc3ccc(F)cc3)C[C@@H]2[C@H]1C(=O)NCc1nccn1C. The van der Waals surface area contributed by atoms with Gasteiger partial charge in [-0.25, -0.2) is 9.37 Å². The Morgan fingerprint density at radius 3 is 2.57 bits per heavy atom. The number of carbonyl (C=O) groups excluding carboxylic acids is 1. The van der Waals surface area contributed by atoms with Crippen molar-refractivity contribution in [3.05, 3.63) is 53.9 Å². The van der Waals surface area contributed by atoms with E-state index in [0.29, 0.717) is 26.2 Å². The Morgan fingerprint density at radius 2 is 1.90 bits per heavy atom. The van der Waals surface area contributed by atoms with Gasteiger partial charge >= 0.3 is 0 Å². The van der Waals surface area contributed by atoms with E-state index in [1.54, 1.807) is 18.3 Å². The minimum Gasteiger partial charge on any atom is -0.390 e. The van der Waals surface area contributed by atoms with Crippen LogP contribution < -0.4 is 5.32 Å². The van der Waals surface area contributed by atoms with Crippen molar-refractivity contribution in [2.75, 3.05) is 13.1 Å². The third-order valence-corrected chi connectivity index (χ3v) is 6.81. The fourth-order valence-corrected chi connectivity index (χ4v) is 5.11. The molecule has 2 heterocycles. The highest BCUT2D eigenvalue weighted by atomic mass is 19.1. The Kier molecular flexibility index (Phi) is 5.90. The van der Waals surface area contributed by atoms with Gasteiger partial charge < -0.3 is 20.1 Å². The van der Waals surface area contributed by atoms with Crippen molar-refractivity contribution in [1.82, 2.24) is 19.8 Å². The zero-order chi connectivity index (χ0) is 21.4. The number of nitrogens with one attached hydrogen (secondary N) is 1. The lowest BCUT2D eigenvalue weighted by atomic mass is 9.65. The number of carbonyl (C=O) groups is 1. The standard InChI is InChI=1S/C22H29FN4O3/c1-13-19(22(30)25-9-18-24-7-8-26(18)2)16-11-27(12-17(16)21(29)20(13)28)10-14-3-5-15(23)6-4-14/h3-8,13,16-17,19-21,28-29H,9-12H2,1-2H3,(H,25,30)/t13-,16+,17+,19+,20+,21+/m1/s1. The topological polar surface area (TPSA) is 90.6 Å². The van der Waals surface area contributed by atoms with Gasteiger partial charge in [0.15, 0.2) is 0 Å². The summed E-state index contributed by atoms with van der Waals surface area (Å²) >= 11 is 0. The molecule has 1 saturated heterocycles. The number of hydrogen-bond donors (Lipinski definition) is 3. The number of aliphatic hydroxyl groups is 2. The van der Waals surface area contributed by atoms with E-state index >= 15 is 0 Å². The van der Waals surface area contributed by atoms with Crippen LogP contribution >= 0.6 is 0 Å². The molecule has 162 valence electrons. The quantitative estimate of drug-likeness (QED) is 0.674. The molecule has 2 aliphatic rings. The Morgan fingerprint density at radius 1 is 1.20 bits per heavy atom. The van der Waals surface area contributed by atoms with Crippen molar-refractivity contribution in [1.29, 1.82) is 0 Å². The molecule has 1 aromatic heterocycles. The molecule has 6 atom stereocenters. The number of fused-ring (bicyclic) bond motifs is 1. The van der Waals surface area contributed by atoms with E-state index < -0.39 is 18.1 Å². The predicted molar refractivity (Wildman–Crippen MR) is 108 cm³/mol. The number of aliphatic hydroxyl groups excluding tert-OH is 2. The van der Waals surface area contributed by atoms with Crippen LogP contribution in [0.25, 0.3) is 0 Å². The molecule has 4 rings (SSSR count). The van der Waals surface area contributed by atoms with Gasteiger partial charge in [0, 0.05) is 50.9 Å². The number of benzene rings is 1. The van der Waals surface area contributed by atoms with Crippen LogP contribution in [0.15, 0.2) is 36.7 Å². The Hall–Kier alpha value is -2.29. The van der Waals surface area contributed by atoms with Crippen LogP contribution in [0.5, 0.6) is 0 Å². The Balaban J connectivity index is 1.48. The van der Waals surface area contributed by atoms with Crippen molar-refractivity contribution >= 4 is 5.91 Å². The van der Waals surface area contributed by atoms with E-state index in [-0.39, 0.29) is 29.5 Å². The largest absolute Gasteiger partial charge is 0.390 e. The van der Waals surface area contributed by atoms with Crippen LogP contribution in [-0.2, 0) is 24.9 Å². The number of aryl methyl sites for hydroxylation is 1. The molecule has 1 saturated carbocycles. The second-order valence-corrected chi connectivity index (χ2v) is 8.69. The molecular weight excluding hydrogens is 387 g/mol. The Labute approximate surface area is 175 Å². The predicted octanol–water partition coefficient (Wildman–Crippen LogP) is 0.911. The van der Waals surface area contributed by atoms with Gasteiger partial charge in [0.05, 0.1) is 18.8 Å². The lowest BCUT2D eigenvalue weighted by Gasteiger charge is -2.43. The highest BCUT2D eigenvalue weighted by Gasteiger charge is 2.53. The highest BCUT2D eigenvalue weighted by molar-refractivity contribution is 5.79. The number of halogens is 1. The number of aromatic nitrogens is 2. The Bertz CT molecular complexity index is 887. The van der Waals surface area contributed by atoms with Crippen LogP contribution in [-0.4, -0.2) is 55.9 Å². The maximum atomic E-state index is 13.2. The van der Waals surface area contributed by atoms with E-state index in [0.717, 1.165) is 11.4 Å². The minimum absolute atomic E-state index is 0.0554. The molecule has 0 spiro atoms. The summed E-state index contributed by atoms with van der Waals surface area (Å²) in [6, 6.07) is 6.38. The molecule has 7 nitrogen and oxygen atoms in total. The zero-order valence-electron chi connectivity index (χ0n) is 17.3. The molecule has 1 aliphatic carbocycles. The first-order valence-corrected chi connectivity index (χ1v) is 10.4. The maximum absolute atomic E-state index is 13.2. The summed E-state index contributed by atoms with van der Waals surface area (Å²) < 4.78 is 15.0. The number of rotatable bonds is 5. The van der Waals surface area contributed by atoms with Crippen LogP contribution in [0.4, 0.5) is 4.39 Å². The van der Waals surface area contributed by atoms with Crippen LogP contribution in [0.2, 0.25) is 0 Å². The molecule has 8 heteroatoms. The van der Waals surface area contributed by atoms with Crippen LogP contribution in [0.3, 0.4) is 0 Å². The fraction of sp³-hybridized carbons (Fsp3) is 0.545. The molecule has 0 radical (unpaired) electrons. The normalized spacial score (nSPS) is 31.5. The summed E-state index contributed by atoms with van der Waals surface area (Å²) in [5.41, 5.74) is 0.980. The summed E-state index contributed by atoms with van der Waals surface area (Å²) in [7, 11) is 1.87. The van der Waals surface area contributed by atoms with E-state index in [4.69, 9.17) is 0 Å². The van der Waals surface area contributed by atoms with Gasteiger partial charge in [-0.05, 0) is 29.5 Å². The number of amides is 1. The smallest absolute Gasteiger partial charge is 0.224 e. The maximum Gasteiger partial charge on any atom is 0.224 e. The number of hydrogen-bond acceptors (Lipinski definition) is 5. The zero-order valence-corrected chi connectivity index (χ0v) is 17.3. The van der Waals surface area contributed by atoms with Gasteiger partial charge in [0.2, 0.25) is 5.91 Å². The summed E-state index contributed by atoms with van der Waals surface area (Å²) in [4.78, 5) is 19.5. The van der Waals surface area contributed by atoms with Gasteiger partial charge in [0.1, 0.15) is 11.6 Å². The molecule has 1 aliphatic heterocycles. The number of nitrogens with zero attached hydrogens (tertiary/aromatic N) is 3. The first-order valence-electron chi connectivity index (χ1n) is 10.4. The first-order chi connectivity index (χ1) is 14.3. The van der Waals surface area contributed by atoms with Crippen molar-refractivity contribution < 1.29 is 19.4 Å². The van der Waals surface area contributed by atoms with Crippen LogP contribution in [0, 0.1) is 29.5 Å². The number of likely N-dealkylation sites (tertiary alicyclic amines) is 1. The third kappa shape index (κ3) is 3.99. The van der Waals surface area contributed by atoms with Crippen LogP contribution in [0.1, 0.15) is 18.3 Å². The molecule has 1 aromatic carbocycles. The van der Waals surface area contributed by atoms with E-state index in [1.807, 2.05) is 24.7 Å². The minimum atomic E-state index is -0.944. The van der Waals surface area contributed by atoms with E-state index in [9.17, 15) is 19.4 Å². The van der Waals surface area contributed by atoms with Gasteiger partial charge in [0.25, 0.3) is 0 Å². The average molecular weight is 416 g/mol. The highest BCUT2D eigenvalue weighted by Crippen LogP contribution is 2.44. The molecule has 0 bridgehead atoms. The van der Waals surface area contributed by atoms with Gasteiger partial charge in [-0.15, -0.1) is 0 Å². The monoisotopic (exact) mass is 416 g/mol. The average Bonchev–Trinajstić information content (AvgIpc) is 3.32. The second-order valence-electron chi connectivity index (χ2n) is 8.69. The molecule has 3 N–H and O–H groups in total. The molecule has 2 aromatic rings. The summed E-state index contributed by atoms with van der Waals surface area (Å²) in [6.07, 6.45) is 1.71. The molecular formula is C22H29FN4O3. The lowest BCUT2D eigenvalue weighted by molar-refractivity contribution is -0.146. The molecule has 0 unspecified atom stereocenters. The van der Waals surface area contributed by atoms with Gasteiger partial charge in [-0.1, -0.05) is 19.1 Å². The van der Waals surface area contributed by atoms with Crippen molar-refractivity contribution in [3.8, 4) is 0 Å². The summed E-state index contributed by atoms with van der Waals surface area (Å²) in [5.74, 6) is -0.616. The fourth-order valence-electron chi connectivity index (χ4n) is 5.11. The van der Waals surface area contributed by atoms with Crippen molar-refractivity contribution in [3.63, 3.8) is 0 Å². The third-order valence-electron chi connectivity index (χ3n) is 6.81. The van der Waals surface area contributed by atoms with E-state index in [1.165, 1.54) is 12.1 Å². The number of imidazole rings is 1. The van der Waals surface area contributed by atoms with E-state index in [2.05, 4.69) is 15.2 Å². The first kappa shape index (κ1) is 21.0. The van der Waals surface area contributed by atoms with Gasteiger partial charge in [-0.2, -0.15) is 0 Å². The molecule has 2 fully saturated rings.